The summed E-state index contributed by atoms with van der Waals surface area (Å²) in [5.74, 6) is -0.590. The fourth-order valence-corrected chi connectivity index (χ4v) is 4.20. The molecular weight excluding hydrogens is 244 g/mol. The van der Waals surface area contributed by atoms with Crippen molar-refractivity contribution in [2.24, 2.45) is 17.3 Å². The summed E-state index contributed by atoms with van der Waals surface area (Å²) in [7, 11) is 0. The summed E-state index contributed by atoms with van der Waals surface area (Å²) >= 11 is 0. The molecule has 2 fully saturated rings. The van der Waals surface area contributed by atoms with Crippen molar-refractivity contribution in [3.05, 3.63) is 11.1 Å². The molecule has 104 valence electrons. The number of carbonyl (C=O) groups is 2. The first-order valence-corrected chi connectivity index (χ1v) is 6.98. The van der Waals surface area contributed by atoms with Crippen LogP contribution in [0.2, 0.25) is 0 Å². The van der Waals surface area contributed by atoms with Crippen molar-refractivity contribution in [1.29, 1.82) is 0 Å². The predicted molar refractivity (Wildman–Crippen MR) is 68.2 cm³/mol. The third-order valence-electron chi connectivity index (χ3n) is 5.31. The minimum atomic E-state index is -0.527. The Hall–Kier alpha value is -1.16. The van der Waals surface area contributed by atoms with Gasteiger partial charge in [0, 0.05) is 12.3 Å². The van der Waals surface area contributed by atoms with Gasteiger partial charge in [0.05, 0.1) is 12.0 Å². The Morgan fingerprint density at radius 2 is 2.05 bits per heavy atom. The Bertz CT molecular complexity index is 492. The van der Waals surface area contributed by atoms with E-state index in [0.717, 1.165) is 17.6 Å². The number of ether oxygens (including phenoxy) is 1. The van der Waals surface area contributed by atoms with Crippen molar-refractivity contribution in [3.63, 3.8) is 0 Å². The first kappa shape index (κ1) is 12.9. The first-order chi connectivity index (χ1) is 8.85. The Balaban J connectivity index is 2.12. The summed E-state index contributed by atoms with van der Waals surface area (Å²) in [6.45, 7) is 5.72. The maximum atomic E-state index is 12.0. The number of aliphatic hydroxyl groups excluding tert-OH is 1. The Labute approximate surface area is 112 Å². The first-order valence-electron chi connectivity index (χ1n) is 6.98. The van der Waals surface area contributed by atoms with Crippen molar-refractivity contribution in [2.45, 2.75) is 52.2 Å². The molecule has 0 spiro atoms. The van der Waals surface area contributed by atoms with E-state index in [2.05, 4.69) is 6.92 Å². The van der Waals surface area contributed by atoms with Gasteiger partial charge in [0.2, 0.25) is 0 Å². The van der Waals surface area contributed by atoms with Crippen LogP contribution in [-0.4, -0.2) is 29.1 Å². The second-order valence-electron chi connectivity index (χ2n) is 6.52. The Morgan fingerprint density at radius 3 is 2.74 bits per heavy atom. The van der Waals surface area contributed by atoms with Gasteiger partial charge >= 0.3 is 5.97 Å². The van der Waals surface area contributed by atoms with Gasteiger partial charge in [-0.2, -0.15) is 0 Å². The zero-order valence-electron chi connectivity index (χ0n) is 11.6. The van der Waals surface area contributed by atoms with E-state index in [1.807, 2.05) is 6.92 Å². The molecule has 1 saturated carbocycles. The van der Waals surface area contributed by atoms with Crippen LogP contribution in [0.15, 0.2) is 11.1 Å². The van der Waals surface area contributed by atoms with E-state index >= 15 is 0 Å². The van der Waals surface area contributed by atoms with Crippen LogP contribution in [-0.2, 0) is 14.3 Å². The van der Waals surface area contributed by atoms with Crippen LogP contribution >= 0.6 is 0 Å². The molecule has 0 unspecified atom stereocenters. The summed E-state index contributed by atoms with van der Waals surface area (Å²) < 4.78 is 5.49. The third-order valence-corrected chi connectivity index (χ3v) is 5.31. The molecule has 0 aromatic rings. The van der Waals surface area contributed by atoms with Gasteiger partial charge in [-0.05, 0) is 36.3 Å². The summed E-state index contributed by atoms with van der Waals surface area (Å²) in [5, 5.41) is 10.4. The van der Waals surface area contributed by atoms with Crippen LogP contribution in [0.1, 0.15) is 40.0 Å². The van der Waals surface area contributed by atoms with E-state index in [-0.39, 0.29) is 29.0 Å². The van der Waals surface area contributed by atoms with Gasteiger partial charge in [-0.3, -0.25) is 9.59 Å². The number of hydrogen-bond donors (Lipinski definition) is 1. The number of hydrogen-bond acceptors (Lipinski definition) is 4. The molecule has 0 bridgehead atoms. The molecule has 4 nitrogen and oxygen atoms in total. The van der Waals surface area contributed by atoms with Crippen molar-refractivity contribution in [1.82, 2.24) is 0 Å². The number of aliphatic hydroxyl groups is 1. The van der Waals surface area contributed by atoms with Gasteiger partial charge in [-0.25, -0.2) is 0 Å². The molecule has 1 heterocycles. The maximum absolute atomic E-state index is 12.0. The monoisotopic (exact) mass is 264 g/mol. The van der Waals surface area contributed by atoms with E-state index in [9.17, 15) is 14.7 Å². The number of allylic oxidation sites excluding steroid dienone is 1. The molecule has 4 heteroatoms. The van der Waals surface area contributed by atoms with E-state index in [0.29, 0.717) is 12.8 Å². The molecule has 19 heavy (non-hydrogen) atoms. The molecular formula is C15H20O4. The molecule has 0 amide bonds. The standard InChI is InChI=1S/C15H20O4/c1-7-9(16)4-5-15(3)6-10(17)11-8(2)14(18)19-13(11)12(7)15/h8,10-11,13,17H,4-6H2,1-3H3/t8-,10-,11+,13-,15+/m0/s1. The lowest BCUT2D eigenvalue weighted by Gasteiger charge is -2.47. The van der Waals surface area contributed by atoms with Gasteiger partial charge in [0.15, 0.2) is 5.78 Å². The molecule has 1 N–H and O–H groups in total. The number of esters is 1. The maximum Gasteiger partial charge on any atom is 0.309 e. The normalized spacial score (nSPS) is 45.9. The smallest absolute Gasteiger partial charge is 0.309 e. The van der Waals surface area contributed by atoms with E-state index < -0.39 is 12.2 Å². The molecule has 2 aliphatic carbocycles. The third kappa shape index (κ3) is 1.62. The number of fused-ring (bicyclic) bond motifs is 3. The number of carbonyl (C=O) groups excluding carboxylic acids is 2. The molecule has 0 aromatic carbocycles. The average molecular weight is 264 g/mol. The molecule has 1 aliphatic heterocycles. The highest BCUT2D eigenvalue weighted by molar-refractivity contribution is 5.97. The van der Waals surface area contributed by atoms with Crippen molar-refractivity contribution >= 4 is 11.8 Å². The molecule has 0 aromatic heterocycles. The van der Waals surface area contributed by atoms with Crippen molar-refractivity contribution in [3.8, 4) is 0 Å². The zero-order valence-corrected chi connectivity index (χ0v) is 11.6. The lowest BCUT2D eigenvalue weighted by Crippen LogP contribution is -2.48. The zero-order chi connectivity index (χ0) is 13.9. The van der Waals surface area contributed by atoms with Crippen LogP contribution in [0, 0.1) is 17.3 Å². The number of Topliss-reactive ketones (excluding diaryl/α,β-unsaturated/α-hetero) is 1. The Morgan fingerprint density at radius 1 is 1.37 bits per heavy atom. The highest BCUT2D eigenvalue weighted by atomic mass is 16.6. The van der Waals surface area contributed by atoms with Gasteiger partial charge in [0.1, 0.15) is 6.10 Å². The summed E-state index contributed by atoms with van der Waals surface area (Å²) in [6.07, 6.45) is 0.959. The topological polar surface area (TPSA) is 63.6 Å². The minimum Gasteiger partial charge on any atom is -0.457 e. The molecule has 1 saturated heterocycles. The fourth-order valence-electron chi connectivity index (χ4n) is 4.20. The SMILES string of the molecule is CC1=C2[C@H]3OC(=O)[C@@H](C)[C@@H]3[C@@H](O)C[C@@]2(C)CCC1=O. The van der Waals surface area contributed by atoms with Crippen molar-refractivity contribution in [2.75, 3.05) is 0 Å². The summed E-state index contributed by atoms with van der Waals surface area (Å²) in [4.78, 5) is 23.8. The lowest BCUT2D eigenvalue weighted by atomic mass is 9.58. The van der Waals surface area contributed by atoms with Crippen molar-refractivity contribution < 1.29 is 19.4 Å². The van der Waals surface area contributed by atoms with Crippen LogP contribution in [0.5, 0.6) is 0 Å². The van der Waals surface area contributed by atoms with Crippen LogP contribution in [0.4, 0.5) is 0 Å². The molecule has 5 atom stereocenters. The summed E-state index contributed by atoms with van der Waals surface area (Å²) in [6, 6.07) is 0. The minimum absolute atomic E-state index is 0.151. The largest absolute Gasteiger partial charge is 0.457 e. The molecule has 3 rings (SSSR count). The van der Waals surface area contributed by atoms with Crippen LogP contribution in [0.3, 0.4) is 0 Å². The second-order valence-corrected chi connectivity index (χ2v) is 6.52. The number of rotatable bonds is 0. The lowest BCUT2D eigenvalue weighted by molar-refractivity contribution is -0.143. The quantitative estimate of drug-likeness (QED) is 0.675. The van der Waals surface area contributed by atoms with Gasteiger partial charge in [0.25, 0.3) is 0 Å². The summed E-state index contributed by atoms with van der Waals surface area (Å²) in [5.41, 5.74) is 1.51. The molecule has 0 radical (unpaired) electrons. The van der Waals surface area contributed by atoms with Gasteiger partial charge < -0.3 is 9.84 Å². The van der Waals surface area contributed by atoms with Crippen LogP contribution < -0.4 is 0 Å². The van der Waals surface area contributed by atoms with Gasteiger partial charge in [-0.15, -0.1) is 0 Å². The van der Waals surface area contributed by atoms with E-state index in [1.165, 1.54) is 0 Å². The average Bonchev–Trinajstić information content (AvgIpc) is 2.61. The second kappa shape index (κ2) is 3.92. The highest BCUT2D eigenvalue weighted by Crippen LogP contribution is 2.54. The fraction of sp³-hybridized carbons (Fsp3) is 0.733. The highest BCUT2D eigenvalue weighted by Gasteiger charge is 2.57. The van der Waals surface area contributed by atoms with E-state index in [1.54, 1.807) is 6.92 Å². The predicted octanol–water partition coefficient (Wildman–Crippen LogP) is 1.61. The number of ketones is 1. The van der Waals surface area contributed by atoms with E-state index in [4.69, 9.17) is 4.74 Å². The Kier molecular flexibility index (Phi) is 2.65. The van der Waals surface area contributed by atoms with Crippen LogP contribution in [0.25, 0.3) is 0 Å². The van der Waals surface area contributed by atoms with Gasteiger partial charge in [-0.1, -0.05) is 13.8 Å². The molecule has 3 aliphatic rings.